The van der Waals surface area contributed by atoms with E-state index in [1.165, 1.54) is 0 Å². The number of imide groups is 1. The Labute approximate surface area is 133 Å². The number of hydrogen-bond donors (Lipinski definition) is 1. The molecule has 0 atom stereocenters. The molecule has 0 aromatic heterocycles. The van der Waals surface area contributed by atoms with Gasteiger partial charge in [0.2, 0.25) is 0 Å². The van der Waals surface area contributed by atoms with E-state index in [0.29, 0.717) is 17.9 Å². The average Bonchev–Trinajstić information content (AvgIpc) is 3.26. The minimum atomic E-state index is -0.671. The molecule has 0 spiro atoms. The lowest BCUT2D eigenvalue weighted by Gasteiger charge is -2.15. The molecular formula is C16H19NO6. The van der Waals surface area contributed by atoms with Crippen LogP contribution in [0.25, 0.3) is 0 Å². The lowest BCUT2D eigenvalue weighted by Crippen LogP contribution is -2.34. The van der Waals surface area contributed by atoms with Crippen molar-refractivity contribution in [2.45, 2.75) is 38.5 Å². The van der Waals surface area contributed by atoms with Gasteiger partial charge in [0, 0.05) is 12.8 Å². The fourth-order valence-corrected chi connectivity index (χ4v) is 2.45. The van der Waals surface area contributed by atoms with Crippen LogP contribution in [0.15, 0.2) is 24.3 Å². The number of carboxylic acid groups (broad SMARTS) is 1. The summed E-state index contributed by atoms with van der Waals surface area (Å²) in [6, 6.07) is 0. The summed E-state index contributed by atoms with van der Waals surface area (Å²) < 4.78 is 0. The van der Waals surface area contributed by atoms with Gasteiger partial charge in [0.1, 0.15) is 0 Å². The summed E-state index contributed by atoms with van der Waals surface area (Å²) in [5.74, 6) is -2.40. The van der Waals surface area contributed by atoms with Crippen LogP contribution in [0.1, 0.15) is 38.5 Å². The Kier molecular flexibility index (Phi) is 5.67. The molecule has 1 heterocycles. The average molecular weight is 321 g/mol. The highest BCUT2D eigenvalue weighted by atomic mass is 16.7. The van der Waals surface area contributed by atoms with E-state index in [0.717, 1.165) is 12.8 Å². The monoisotopic (exact) mass is 321 g/mol. The smallest absolute Gasteiger partial charge is 0.336 e. The molecule has 3 aliphatic rings. The second-order valence-corrected chi connectivity index (χ2v) is 5.61. The van der Waals surface area contributed by atoms with Crippen molar-refractivity contribution in [3.63, 3.8) is 0 Å². The lowest BCUT2D eigenvalue weighted by molar-refractivity contribution is -0.200. The number of amides is 2. The van der Waals surface area contributed by atoms with Gasteiger partial charge in [0.15, 0.2) is 0 Å². The molecule has 7 heteroatoms. The summed E-state index contributed by atoms with van der Waals surface area (Å²) >= 11 is 0. The molecule has 7 nitrogen and oxygen atoms in total. The maximum absolute atomic E-state index is 11.5. The number of carbonyl (C=O) groups is 4. The summed E-state index contributed by atoms with van der Waals surface area (Å²) in [6.07, 6.45) is 10.6. The summed E-state index contributed by atoms with van der Waals surface area (Å²) in [5.41, 5.74) is 0. The molecule has 0 radical (unpaired) electrons. The molecule has 3 rings (SSSR count). The van der Waals surface area contributed by atoms with Crippen molar-refractivity contribution in [3.05, 3.63) is 24.3 Å². The largest absolute Gasteiger partial charge is 0.481 e. The van der Waals surface area contributed by atoms with Crippen LogP contribution in [0.2, 0.25) is 0 Å². The van der Waals surface area contributed by atoms with Crippen molar-refractivity contribution in [1.82, 2.24) is 5.06 Å². The molecule has 0 aromatic rings. The Morgan fingerprint density at radius 3 is 1.74 bits per heavy atom. The molecule has 1 fully saturated rings. The summed E-state index contributed by atoms with van der Waals surface area (Å²) in [7, 11) is 0. The highest BCUT2D eigenvalue weighted by molar-refractivity contribution is 6.01. The Hall–Kier alpha value is -2.44. The van der Waals surface area contributed by atoms with Gasteiger partial charge in [-0.25, -0.2) is 4.79 Å². The summed E-state index contributed by atoms with van der Waals surface area (Å²) in [4.78, 5) is 48.7. The van der Waals surface area contributed by atoms with Crippen molar-refractivity contribution in [2.75, 3.05) is 0 Å². The van der Waals surface area contributed by atoms with Gasteiger partial charge in [-0.2, -0.15) is 0 Å². The van der Waals surface area contributed by atoms with Crippen molar-refractivity contribution in [2.24, 2.45) is 11.8 Å². The number of hydrogen-bond acceptors (Lipinski definition) is 5. The van der Waals surface area contributed by atoms with Crippen LogP contribution in [0.4, 0.5) is 0 Å². The third-order valence-electron chi connectivity index (χ3n) is 3.89. The number of nitrogens with zero attached hydrogens (tertiary/aromatic N) is 1. The van der Waals surface area contributed by atoms with E-state index in [1.54, 1.807) is 0 Å². The first-order chi connectivity index (χ1) is 11.0. The van der Waals surface area contributed by atoms with Crippen molar-refractivity contribution in [3.8, 4) is 0 Å². The van der Waals surface area contributed by atoms with Gasteiger partial charge < -0.3 is 9.94 Å². The van der Waals surface area contributed by atoms with Crippen LogP contribution in [-0.4, -0.2) is 33.9 Å². The zero-order valence-electron chi connectivity index (χ0n) is 12.6. The number of carbonyl (C=O) groups excluding carboxylic acids is 3. The number of hydroxylamine groups is 2. The third kappa shape index (κ3) is 4.51. The normalized spacial score (nSPS) is 20.8. The molecule has 2 amide bonds. The standard InChI is InChI=1S/C10H11NO4.C6H8O2/c12-8-5-6-9(13)11(8)15-10(14)7-3-1-2-4-7;7-6(8)5-3-1-2-4-5/h1-2,7H,3-6H2;1-2,5H,3-4H2,(H,7,8). The fourth-order valence-electron chi connectivity index (χ4n) is 2.45. The van der Waals surface area contributed by atoms with E-state index in [1.807, 2.05) is 24.3 Å². The Balaban J connectivity index is 0.000000203. The number of carboxylic acids is 1. The predicted molar refractivity (Wildman–Crippen MR) is 78.5 cm³/mol. The van der Waals surface area contributed by atoms with E-state index in [2.05, 4.69) is 0 Å². The van der Waals surface area contributed by atoms with E-state index >= 15 is 0 Å². The van der Waals surface area contributed by atoms with Gasteiger partial charge in [0.25, 0.3) is 11.8 Å². The number of rotatable bonds is 3. The van der Waals surface area contributed by atoms with Gasteiger partial charge in [-0.15, -0.1) is 5.06 Å². The third-order valence-corrected chi connectivity index (χ3v) is 3.89. The maximum atomic E-state index is 11.5. The lowest BCUT2D eigenvalue weighted by atomic mass is 10.1. The quantitative estimate of drug-likeness (QED) is 0.626. The molecule has 1 N–H and O–H groups in total. The van der Waals surface area contributed by atoms with Crippen molar-refractivity contribution < 1.29 is 29.1 Å². The van der Waals surface area contributed by atoms with E-state index in [-0.39, 0.29) is 24.7 Å². The second kappa shape index (κ2) is 7.71. The topological polar surface area (TPSA) is 101 Å². The van der Waals surface area contributed by atoms with Gasteiger partial charge in [0.05, 0.1) is 11.8 Å². The Morgan fingerprint density at radius 1 is 0.913 bits per heavy atom. The van der Waals surface area contributed by atoms with Gasteiger partial charge in [-0.3, -0.25) is 14.4 Å². The first kappa shape index (κ1) is 16.9. The molecule has 0 bridgehead atoms. The highest BCUT2D eigenvalue weighted by Crippen LogP contribution is 2.21. The van der Waals surface area contributed by atoms with Gasteiger partial charge in [-0.05, 0) is 25.7 Å². The molecule has 2 aliphatic carbocycles. The molecule has 0 aromatic carbocycles. The van der Waals surface area contributed by atoms with Crippen LogP contribution >= 0.6 is 0 Å². The molecule has 23 heavy (non-hydrogen) atoms. The Bertz CT molecular complexity index is 533. The van der Waals surface area contributed by atoms with E-state index in [4.69, 9.17) is 9.94 Å². The minimum absolute atomic E-state index is 0.130. The minimum Gasteiger partial charge on any atom is -0.481 e. The molecule has 1 aliphatic heterocycles. The molecular weight excluding hydrogens is 302 g/mol. The Morgan fingerprint density at radius 2 is 1.35 bits per heavy atom. The van der Waals surface area contributed by atoms with Crippen LogP contribution < -0.4 is 0 Å². The fraction of sp³-hybridized carbons (Fsp3) is 0.500. The summed E-state index contributed by atoms with van der Waals surface area (Å²) in [6.45, 7) is 0. The van der Waals surface area contributed by atoms with E-state index in [9.17, 15) is 19.2 Å². The highest BCUT2D eigenvalue weighted by Gasteiger charge is 2.34. The molecule has 0 saturated carbocycles. The van der Waals surface area contributed by atoms with Crippen molar-refractivity contribution >= 4 is 23.8 Å². The zero-order valence-corrected chi connectivity index (χ0v) is 12.6. The molecule has 1 saturated heterocycles. The molecule has 124 valence electrons. The van der Waals surface area contributed by atoms with Gasteiger partial charge in [-0.1, -0.05) is 24.3 Å². The van der Waals surface area contributed by atoms with Gasteiger partial charge >= 0.3 is 11.9 Å². The first-order valence-corrected chi connectivity index (χ1v) is 7.59. The predicted octanol–water partition coefficient (Wildman–Crippen LogP) is 1.60. The molecule has 0 unspecified atom stereocenters. The number of aliphatic carboxylic acids is 1. The zero-order chi connectivity index (χ0) is 16.8. The summed E-state index contributed by atoms with van der Waals surface area (Å²) in [5, 5.41) is 8.97. The first-order valence-electron chi connectivity index (χ1n) is 7.59. The van der Waals surface area contributed by atoms with Crippen molar-refractivity contribution in [1.29, 1.82) is 0 Å². The SMILES string of the molecule is O=C(O)C1CC=CC1.O=C(ON1C(=O)CCC1=O)C1CC=CC1. The maximum Gasteiger partial charge on any atom is 0.336 e. The second-order valence-electron chi connectivity index (χ2n) is 5.61. The van der Waals surface area contributed by atoms with Crippen LogP contribution in [0, 0.1) is 11.8 Å². The number of allylic oxidation sites excluding steroid dienone is 4. The van der Waals surface area contributed by atoms with Crippen LogP contribution in [0.5, 0.6) is 0 Å². The van der Waals surface area contributed by atoms with Crippen LogP contribution in [0.3, 0.4) is 0 Å². The van der Waals surface area contributed by atoms with Crippen LogP contribution in [-0.2, 0) is 24.0 Å². The van der Waals surface area contributed by atoms with E-state index < -0.39 is 23.8 Å².